The Morgan fingerprint density at radius 3 is 2.53 bits per heavy atom. The molecule has 0 radical (unpaired) electrons. The van der Waals surface area contributed by atoms with Crippen molar-refractivity contribution in [2.24, 2.45) is 5.14 Å². The molecule has 0 fully saturated rings. The largest absolute Gasteiger partial charge is 0.312 e. The van der Waals surface area contributed by atoms with Crippen LogP contribution in [0.3, 0.4) is 0 Å². The molecule has 1 heterocycles. The number of halogens is 1. The fourth-order valence-corrected chi connectivity index (χ4v) is 2.59. The molecule has 1 aromatic carbocycles. The van der Waals surface area contributed by atoms with Gasteiger partial charge in [0.25, 0.3) is 0 Å². The van der Waals surface area contributed by atoms with Crippen molar-refractivity contribution in [2.75, 3.05) is 11.4 Å². The van der Waals surface area contributed by atoms with Gasteiger partial charge < -0.3 is 4.90 Å². The third-order valence-electron chi connectivity index (χ3n) is 2.96. The molecule has 106 valence electrons. The van der Waals surface area contributed by atoms with Crippen LogP contribution < -0.4 is 10.0 Å². The van der Waals surface area contributed by atoms with Crippen LogP contribution in [-0.4, -0.2) is 16.7 Å². The van der Waals surface area contributed by atoms with Crippen molar-refractivity contribution < 1.29 is 13.4 Å². The van der Waals surface area contributed by atoms with Crippen LogP contribution in [-0.2, 0) is 15.8 Å². The molecule has 2 unspecified atom stereocenters. The number of carbonyl (C=O) groups excluding carboxylic acids is 1. The summed E-state index contributed by atoms with van der Waals surface area (Å²) in [7, 11) is -1.89. The lowest BCUT2D eigenvalue weighted by Gasteiger charge is -2.15. The Morgan fingerprint density at radius 1 is 1.47 bits per heavy atom. The quantitative estimate of drug-likeness (QED) is 0.861. The number of fused-ring (bicyclic) bond motifs is 1. The topological polar surface area (TPSA) is 63.4 Å². The molecule has 0 aliphatic carbocycles. The summed E-state index contributed by atoms with van der Waals surface area (Å²) >= 11 is 0. The van der Waals surface area contributed by atoms with Gasteiger partial charge in [-0.25, -0.2) is 13.7 Å². The van der Waals surface area contributed by atoms with Gasteiger partial charge in [0.05, 0.1) is 4.90 Å². The number of amides is 1. The van der Waals surface area contributed by atoms with E-state index in [0.29, 0.717) is 12.2 Å². The van der Waals surface area contributed by atoms with Crippen LogP contribution in [0.5, 0.6) is 0 Å². The number of benzene rings is 1. The van der Waals surface area contributed by atoms with Crippen LogP contribution in [0.25, 0.3) is 0 Å². The predicted molar refractivity (Wildman–Crippen MR) is 74.8 cm³/mol. The molecule has 1 aliphatic heterocycles. The van der Waals surface area contributed by atoms with Crippen LogP contribution in [0.15, 0.2) is 17.0 Å². The van der Waals surface area contributed by atoms with E-state index in [1.54, 1.807) is 4.90 Å². The first-order valence-corrected chi connectivity index (χ1v) is 7.41. The van der Waals surface area contributed by atoms with Gasteiger partial charge in [0.1, 0.15) is 16.8 Å². The molecule has 1 amide bonds. The van der Waals surface area contributed by atoms with E-state index in [-0.39, 0.29) is 16.7 Å². The summed E-state index contributed by atoms with van der Waals surface area (Å²) < 4.78 is 24.8. The Kier molecular flexibility index (Phi) is 5.20. The van der Waals surface area contributed by atoms with E-state index < -0.39 is 16.8 Å². The summed E-state index contributed by atoms with van der Waals surface area (Å²) in [4.78, 5) is 12.9. The molecule has 4 nitrogen and oxygen atoms in total. The Bertz CT molecular complexity index is 520. The third kappa shape index (κ3) is 3.01. The molecule has 1 aromatic rings. The van der Waals surface area contributed by atoms with Crippen molar-refractivity contribution in [3.63, 3.8) is 0 Å². The van der Waals surface area contributed by atoms with Gasteiger partial charge in [-0.05, 0) is 17.7 Å². The summed E-state index contributed by atoms with van der Waals surface area (Å²) in [6.07, 6.45) is 0. The molecule has 2 N–H and O–H groups in total. The van der Waals surface area contributed by atoms with E-state index in [4.69, 9.17) is 5.14 Å². The molecule has 0 bridgehead atoms. The SMILES string of the molecule is CC.CC(=O)N1CC(C)c2cc(F)c(S(N)=O)cc21. The molecule has 2 rings (SSSR count). The number of rotatable bonds is 1. The zero-order valence-electron chi connectivity index (χ0n) is 11.6. The molecule has 0 saturated heterocycles. The molecule has 6 heteroatoms. The van der Waals surface area contributed by atoms with Gasteiger partial charge in [-0.1, -0.05) is 20.8 Å². The highest BCUT2D eigenvalue weighted by atomic mass is 32.2. The minimum absolute atomic E-state index is 0.0656. The lowest BCUT2D eigenvalue weighted by atomic mass is 10.0. The van der Waals surface area contributed by atoms with Crippen LogP contribution in [0, 0.1) is 5.82 Å². The minimum Gasteiger partial charge on any atom is -0.312 e. The van der Waals surface area contributed by atoms with Gasteiger partial charge in [0, 0.05) is 25.1 Å². The highest BCUT2D eigenvalue weighted by Crippen LogP contribution is 2.38. The third-order valence-corrected chi connectivity index (χ3v) is 3.70. The smallest absolute Gasteiger partial charge is 0.223 e. The standard InChI is InChI=1S/C11H13FN2O2S.C2H6/c1-6-5-14(7(2)15)10-4-11(17(13)16)9(12)3-8(6)10;1-2/h3-4,6H,5,13H2,1-2H3;1-2H3. The Morgan fingerprint density at radius 2 is 2.05 bits per heavy atom. The van der Waals surface area contributed by atoms with Gasteiger partial charge in [-0.3, -0.25) is 4.79 Å². The molecule has 2 atom stereocenters. The fraction of sp³-hybridized carbons (Fsp3) is 0.462. The summed E-state index contributed by atoms with van der Waals surface area (Å²) in [5, 5.41) is 5.19. The molecular formula is C13H19FN2O2S. The fourth-order valence-electron chi connectivity index (χ4n) is 2.11. The second-order valence-electron chi connectivity index (χ2n) is 4.17. The molecule has 19 heavy (non-hydrogen) atoms. The zero-order valence-corrected chi connectivity index (χ0v) is 12.4. The number of carbonyl (C=O) groups is 1. The van der Waals surface area contributed by atoms with Gasteiger partial charge >= 0.3 is 0 Å². The molecule has 1 aliphatic rings. The van der Waals surface area contributed by atoms with Crippen LogP contribution in [0.4, 0.5) is 10.1 Å². The lowest BCUT2D eigenvalue weighted by molar-refractivity contribution is -0.116. The van der Waals surface area contributed by atoms with E-state index in [9.17, 15) is 13.4 Å². The van der Waals surface area contributed by atoms with E-state index in [2.05, 4.69) is 0 Å². The maximum atomic E-state index is 13.6. The summed E-state index contributed by atoms with van der Waals surface area (Å²) in [6.45, 7) is 7.88. The number of nitrogens with two attached hydrogens (primary N) is 1. The van der Waals surface area contributed by atoms with E-state index >= 15 is 0 Å². The average Bonchev–Trinajstić information content (AvgIpc) is 2.68. The molecule has 0 aromatic heterocycles. The Hall–Kier alpha value is -1.27. The van der Waals surface area contributed by atoms with Gasteiger partial charge in [0.15, 0.2) is 0 Å². The van der Waals surface area contributed by atoms with Crippen LogP contribution >= 0.6 is 0 Å². The average molecular weight is 286 g/mol. The van der Waals surface area contributed by atoms with Crippen molar-refractivity contribution in [3.8, 4) is 0 Å². The summed E-state index contributed by atoms with van der Waals surface area (Å²) in [5.74, 6) is -0.624. The molecular weight excluding hydrogens is 267 g/mol. The first kappa shape index (κ1) is 15.8. The van der Waals surface area contributed by atoms with Gasteiger partial charge in [0.2, 0.25) is 5.91 Å². The maximum absolute atomic E-state index is 13.6. The van der Waals surface area contributed by atoms with Gasteiger partial charge in [-0.2, -0.15) is 0 Å². The van der Waals surface area contributed by atoms with Crippen molar-refractivity contribution in [1.29, 1.82) is 0 Å². The van der Waals surface area contributed by atoms with Crippen LogP contribution in [0.1, 0.15) is 39.2 Å². The van der Waals surface area contributed by atoms with E-state index in [1.807, 2.05) is 20.8 Å². The van der Waals surface area contributed by atoms with Crippen LogP contribution in [0.2, 0.25) is 0 Å². The first-order valence-electron chi connectivity index (χ1n) is 6.19. The van der Waals surface area contributed by atoms with Crippen molar-refractivity contribution >= 4 is 22.6 Å². The predicted octanol–water partition coefficient (Wildman–Crippen LogP) is 2.30. The Balaban J connectivity index is 0.000000861. The number of hydrogen-bond acceptors (Lipinski definition) is 2. The number of nitrogens with zero attached hydrogens (tertiary/aromatic N) is 1. The second kappa shape index (κ2) is 6.25. The van der Waals surface area contributed by atoms with Gasteiger partial charge in [-0.15, -0.1) is 0 Å². The van der Waals surface area contributed by atoms with Crippen molar-refractivity contribution in [2.45, 2.75) is 38.5 Å². The van der Waals surface area contributed by atoms with E-state index in [1.165, 1.54) is 19.1 Å². The minimum atomic E-state index is -1.89. The number of hydrogen-bond donors (Lipinski definition) is 1. The highest BCUT2D eigenvalue weighted by Gasteiger charge is 2.30. The summed E-state index contributed by atoms with van der Waals surface area (Å²) in [5.41, 5.74) is 1.37. The monoisotopic (exact) mass is 286 g/mol. The summed E-state index contributed by atoms with van der Waals surface area (Å²) in [6, 6.07) is 2.73. The molecule has 0 spiro atoms. The highest BCUT2D eigenvalue weighted by molar-refractivity contribution is 7.82. The Labute approximate surface area is 115 Å². The zero-order chi connectivity index (χ0) is 14.7. The first-order chi connectivity index (χ1) is 8.91. The maximum Gasteiger partial charge on any atom is 0.223 e. The normalized spacial score (nSPS) is 18.4. The second-order valence-corrected chi connectivity index (χ2v) is 5.20. The van der Waals surface area contributed by atoms with Crippen molar-refractivity contribution in [1.82, 2.24) is 0 Å². The number of anilines is 1. The lowest BCUT2D eigenvalue weighted by Crippen LogP contribution is -2.26. The molecule has 0 saturated carbocycles. The van der Waals surface area contributed by atoms with Crippen molar-refractivity contribution in [3.05, 3.63) is 23.5 Å². The van der Waals surface area contributed by atoms with E-state index in [0.717, 1.165) is 5.56 Å².